The Morgan fingerprint density at radius 1 is 1.23 bits per heavy atom. The molecule has 6 heteroatoms. The molecule has 0 saturated heterocycles. The summed E-state index contributed by atoms with van der Waals surface area (Å²) in [7, 11) is 0. The first kappa shape index (κ1) is 10.4. The van der Waals surface area contributed by atoms with Crippen molar-refractivity contribution < 1.29 is 15.0 Å². The van der Waals surface area contributed by atoms with Crippen LogP contribution < -0.4 is 0 Å². The van der Waals surface area contributed by atoms with Gasteiger partial charge in [0.2, 0.25) is 0 Å². The Morgan fingerprint density at radius 3 is 2.23 bits per heavy atom. The van der Waals surface area contributed by atoms with Gasteiger partial charge in [-0.05, 0) is 6.07 Å². The summed E-state index contributed by atoms with van der Waals surface area (Å²) in [5.74, 6) is -1.67. The maximum absolute atomic E-state index is 10.6. The summed E-state index contributed by atoms with van der Waals surface area (Å²) in [5.41, 5.74) is -0.241. The minimum absolute atomic E-state index is 0.146. The van der Waals surface area contributed by atoms with E-state index in [9.17, 15) is 4.79 Å². The topological polar surface area (TPSA) is 57.5 Å². The van der Waals surface area contributed by atoms with E-state index >= 15 is 0 Å². The highest BCUT2D eigenvalue weighted by molar-refractivity contribution is 6.46. The fraction of sp³-hybridized carbons (Fsp3) is 0. The van der Waals surface area contributed by atoms with Gasteiger partial charge in [0.1, 0.15) is 5.02 Å². The average Bonchev–Trinajstić information content (AvgIpc) is 2.07. The fourth-order valence-corrected chi connectivity index (χ4v) is 1.42. The molecule has 0 heterocycles. The highest BCUT2D eigenvalue weighted by Crippen LogP contribution is 2.39. The second kappa shape index (κ2) is 3.62. The smallest absolute Gasteiger partial charge is 0.337 e. The Hall–Kier alpha value is -0.640. The van der Waals surface area contributed by atoms with Crippen molar-refractivity contribution in [2.24, 2.45) is 0 Å². The van der Waals surface area contributed by atoms with Crippen molar-refractivity contribution in [2.75, 3.05) is 0 Å². The van der Waals surface area contributed by atoms with Crippen molar-refractivity contribution in [1.29, 1.82) is 0 Å². The van der Waals surface area contributed by atoms with E-state index in [1.807, 2.05) is 0 Å². The van der Waals surface area contributed by atoms with Gasteiger partial charge in [0.25, 0.3) is 0 Å². The molecule has 2 N–H and O–H groups in total. The van der Waals surface area contributed by atoms with Gasteiger partial charge in [-0.1, -0.05) is 34.8 Å². The van der Waals surface area contributed by atoms with Crippen LogP contribution in [0, 0.1) is 0 Å². The van der Waals surface area contributed by atoms with Crippen molar-refractivity contribution >= 4 is 40.8 Å². The highest BCUT2D eigenvalue weighted by atomic mass is 35.5. The first-order valence-corrected chi connectivity index (χ1v) is 4.18. The Kier molecular flexibility index (Phi) is 2.91. The van der Waals surface area contributed by atoms with Gasteiger partial charge in [0.05, 0.1) is 15.6 Å². The molecule has 0 fully saturated rings. The molecular weight excluding hydrogens is 238 g/mol. The molecule has 0 aliphatic heterocycles. The van der Waals surface area contributed by atoms with Crippen LogP contribution in [-0.2, 0) is 0 Å². The molecule has 0 spiro atoms. The molecule has 0 bridgehead atoms. The summed E-state index contributed by atoms with van der Waals surface area (Å²) in [4.78, 5) is 10.6. The van der Waals surface area contributed by atoms with Crippen molar-refractivity contribution in [3.05, 3.63) is 26.7 Å². The summed E-state index contributed by atoms with van der Waals surface area (Å²) in [5, 5.41) is 17.1. The van der Waals surface area contributed by atoms with Crippen LogP contribution in [0.15, 0.2) is 6.07 Å². The molecular formula is C7H3Cl3O3. The number of carboxylic acid groups (broad SMARTS) is 1. The lowest BCUT2D eigenvalue weighted by molar-refractivity contribution is 0.0697. The van der Waals surface area contributed by atoms with Gasteiger partial charge in [-0.2, -0.15) is 0 Å². The van der Waals surface area contributed by atoms with Crippen LogP contribution in [0.1, 0.15) is 10.4 Å². The van der Waals surface area contributed by atoms with Gasteiger partial charge in [-0.15, -0.1) is 0 Å². The van der Waals surface area contributed by atoms with Crippen molar-refractivity contribution in [3.8, 4) is 5.75 Å². The minimum atomic E-state index is -1.26. The third kappa shape index (κ3) is 1.82. The van der Waals surface area contributed by atoms with Crippen LogP contribution in [-0.4, -0.2) is 16.2 Å². The molecule has 70 valence electrons. The molecule has 3 nitrogen and oxygen atoms in total. The summed E-state index contributed by atoms with van der Waals surface area (Å²) in [6, 6.07) is 1.04. The number of carboxylic acids is 1. The monoisotopic (exact) mass is 240 g/mol. The Balaban J connectivity index is 3.50. The quantitative estimate of drug-likeness (QED) is 0.743. The number of hydrogen-bond donors (Lipinski definition) is 2. The maximum Gasteiger partial charge on any atom is 0.337 e. The summed E-state index contributed by atoms with van der Waals surface area (Å²) in [6.07, 6.45) is 0. The minimum Gasteiger partial charge on any atom is -0.505 e. The second-order valence-corrected chi connectivity index (χ2v) is 3.35. The number of rotatable bonds is 1. The van der Waals surface area contributed by atoms with Crippen molar-refractivity contribution in [3.63, 3.8) is 0 Å². The SMILES string of the molecule is O=C(O)c1cc(Cl)c(O)c(Cl)c1Cl. The van der Waals surface area contributed by atoms with Gasteiger partial charge >= 0.3 is 5.97 Å². The first-order valence-electron chi connectivity index (χ1n) is 3.05. The zero-order valence-corrected chi connectivity index (χ0v) is 8.28. The number of phenols is 1. The molecule has 0 radical (unpaired) electrons. The van der Waals surface area contributed by atoms with Crippen LogP contribution in [0.3, 0.4) is 0 Å². The molecule has 0 aliphatic rings. The van der Waals surface area contributed by atoms with E-state index in [4.69, 9.17) is 45.0 Å². The maximum atomic E-state index is 10.6. The molecule has 1 rings (SSSR count). The van der Waals surface area contributed by atoms with E-state index in [0.717, 1.165) is 6.07 Å². The number of aromatic hydroxyl groups is 1. The Labute approximate surface area is 88.5 Å². The zero-order valence-electron chi connectivity index (χ0n) is 6.01. The predicted octanol–water partition coefficient (Wildman–Crippen LogP) is 3.05. The van der Waals surface area contributed by atoms with Gasteiger partial charge in [0, 0.05) is 0 Å². The zero-order chi connectivity index (χ0) is 10.2. The lowest BCUT2D eigenvalue weighted by atomic mass is 10.2. The number of benzene rings is 1. The molecule has 0 aromatic heterocycles. The number of carbonyl (C=O) groups is 1. The summed E-state index contributed by atoms with van der Waals surface area (Å²) >= 11 is 16.5. The highest BCUT2D eigenvalue weighted by Gasteiger charge is 2.17. The Bertz CT molecular complexity index is 376. The van der Waals surface area contributed by atoms with Crippen molar-refractivity contribution in [1.82, 2.24) is 0 Å². The molecule has 13 heavy (non-hydrogen) atoms. The van der Waals surface area contributed by atoms with Crippen LogP contribution in [0.4, 0.5) is 0 Å². The van der Waals surface area contributed by atoms with Gasteiger partial charge in [0.15, 0.2) is 5.75 Å². The lowest BCUT2D eigenvalue weighted by Gasteiger charge is -2.04. The second-order valence-electron chi connectivity index (χ2n) is 2.19. The number of aromatic carboxylic acids is 1. The number of phenolic OH excluding ortho intramolecular Hbond substituents is 1. The summed E-state index contributed by atoms with van der Waals surface area (Å²) in [6.45, 7) is 0. The molecule has 0 amide bonds. The Morgan fingerprint density at radius 2 is 1.77 bits per heavy atom. The van der Waals surface area contributed by atoms with E-state index in [0.29, 0.717) is 0 Å². The van der Waals surface area contributed by atoms with Gasteiger partial charge < -0.3 is 10.2 Å². The van der Waals surface area contributed by atoms with Crippen LogP contribution in [0.25, 0.3) is 0 Å². The third-order valence-corrected chi connectivity index (χ3v) is 2.51. The predicted molar refractivity (Wildman–Crippen MR) is 50.1 cm³/mol. The third-order valence-electron chi connectivity index (χ3n) is 1.36. The average molecular weight is 241 g/mol. The van der Waals surface area contributed by atoms with E-state index < -0.39 is 11.7 Å². The summed E-state index contributed by atoms with van der Waals surface area (Å²) < 4.78 is 0. The van der Waals surface area contributed by atoms with E-state index in [1.54, 1.807) is 0 Å². The van der Waals surface area contributed by atoms with Crippen molar-refractivity contribution in [2.45, 2.75) is 0 Å². The van der Waals surface area contributed by atoms with Crippen LogP contribution in [0.2, 0.25) is 15.1 Å². The number of halogens is 3. The molecule has 0 saturated carbocycles. The van der Waals surface area contributed by atoms with E-state index in [-0.39, 0.29) is 20.6 Å². The molecule has 0 atom stereocenters. The standard InChI is InChI=1S/C7H3Cl3O3/c8-3-1-2(7(12)13)4(9)5(10)6(3)11/h1,11H,(H,12,13). The van der Waals surface area contributed by atoms with E-state index in [2.05, 4.69) is 0 Å². The molecule has 1 aromatic rings. The molecule has 1 aromatic carbocycles. The van der Waals surface area contributed by atoms with Crippen LogP contribution >= 0.6 is 34.8 Å². The lowest BCUT2D eigenvalue weighted by Crippen LogP contribution is -1.97. The van der Waals surface area contributed by atoms with Crippen LogP contribution in [0.5, 0.6) is 5.75 Å². The number of hydrogen-bond acceptors (Lipinski definition) is 2. The van der Waals surface area contributed by atoms with Gasteiger partial charge in [-0.25, -0.2) is 4.79 Å². The fourth-order valence-electron chi connectivity index (χ4n) is 0.741. The normalized spacial score (nSPS) is 10.1. The van der Waals surface area contributed by atoms with Gasteiger partial charge in [-0.3, -0.25) is 0 Å². The van der Waals surface area contributed by atoms with E-state index in [1.165, 1.54) is 0 Å². The largest absolute Gasteiger partial charge is 0.505 e. The first-order chi connectivity index (χ1) is 5.95. The molecule has 0 unspecified atom stereocenters. The molecule has 0 aliphatic carbocycles.